The van der Waals surface area contributed by atoms with Crippen molar-refractivity contribution in [1.29, 1.82) is 0 Å². The van der Waals surface area contributed by atoms with Crippen molar-refractivity contribution in [3.8, 4) is 5.75 Å². The molecule has 242 valence electrons. The van der Waals surface area contributed by atoms with E-state index in [1.54, 1.807) is 53.2 Å². The Hall–Kier alpha value is -4.01. The van der Waals surface area contributed by atoms with Gasteiger partial charge in [-0.25, -0.2) is 18.8 Å². The Labute approximate surface area is 279 Å². The SMILES string of the molecule is O=C(N[C@@H](Cc1ccc(N[P@](=O)(Oc2ccccc2)N(CCCl)CCCl)cc1)C(=O)OCc1ccccc1)OCc1ccccc1. The number of alkyl carbamates (subject to hydrolysis) is 1. The third-order valence-electron chi connectivity index (χ3n) is 6.71. The zero-order valence-corrected chi connectivity index (χ0v) is 27.5. The van der Waals surface area contributed by atoms with Crippen molar-refractivity contribution >= 4 is 48.6 Å². The summed E-state index contributed by atoms with van der Waals surface area (Å²) >= 11 is 12.0. The molecule has 0 radical (unpaired) electrons. The highest BCUT2D eigenvalue weighted by Crippen LogP contribution is 2.50. The van der Waals surface area contributed by atoms with E-state index in [9.17, 15) is 14.2 Å². The summed E-state index contributed by atoms with van der Waals surface area (Å²) in [6.07, 6.45) is -0.626. The number of nitrogens with zero attached hydrogens (tertiary/aromatic N) is 1. The number of hydrogen-bond acceptors (Lipinski definition) is 6. The lowest BCUT2D eigenvalue weighted by molar-refractivity contribution is -0.147. The van der Waals surface area contributed by atoms with Gasteiger partial charge >= 0.3 is 19.7 Å². The smallest absolute Gasteiger partial charge is 0.419 e. The Morgan fingerprint density at radius 3 is 1.76 bits per heavy atom. The molecule has 0 unspecified atom stereocenters. The molecule has 2 N–H and O–H groups in total. The molecule has 0 aliphatic heterocycles. The minimum atomic E-state index is -3.69. The predicted molar refractivity (Wildman–Crippen MR) is 181 cm³/mol. The molecule has 46 heavy (non-hydrogen) atoms. The van der Waals surface area contributed by atoms with Crippen LogP contribution in [0.5, 0.6) is 5.75 Å². The lowest BCUT2D eigenvalue weighted by atomic mass is 10.1. The van der Waals surface area contributed by atoms with Crippen molar-refractivity contribution in [1.82, 2.24) is 9.99 Å². The maximum atomic E-state index is 14.2. The number of carbonyl (C=O) groups is 2. The Morgan fingerprint density at radius 1 is 0.696 bits per heavy atom. The number of para-hydroxylation sites is 1. The molecule has 4 aromatic rings. The maximum absolute atomic E-state index is 14.2. The van der Waals surface area contributed by atoms with Crippen LogP contribution >= 0.6 is 30.9 Å². The number of halogens is 2. The molecular weight excluding hydrogens is 648 g/mol. The van der Waals surface area contributed by atoms with Gasteiger partial charge < -0.3 is 19.3 Å². The van der Waals surface area contributed by atoms with E-state index in [4.69, 9.17) is 37.2 Å². The molecule has 12 heteroatoms. The van der Waals surface area contributed by atoms with Gasteiger partial charge in [-0.15, -0.1) is 23.2 Å². The van der Waals surface area contributed by atoms with Crippen LogP contribution < -0.4 is 14.9 Å². The number of rotatable bonds is 17. The average molecular weight is 685 g/mol. The summed E-state index contributed by atoms with van der Waals surface area (Å²) in [5, 5.41) is 5.69. The van der Waals surface area contributed by atoms with Crippen LogP contribution in [-0.4, -0.2) is 47.6 Å². The first-order valence-electron chi connectivity index (χ1n) is 14.7. The van der Waals surface area contributed by atoms with Gasteiger partial charge in [0, 0.05) is 37.0 Å². The molecule has 0 saturated carbocycles. The molecule has 0 saturated heterocycles. The highest BCUT2D eigenvalue weighted by atomic mass is 35.5. The maximum Gasteiger partial charge on any atom is 0.419 e. The second-order valence-corrected chi connectivity index (χ2v) is 12.9. The van der Waals surface area contributed by atoms with Crippen molar-refractivity contribution in [2.45, 2.75) is 25.7 Å². The van der Waals surface area contributed by atoms with Gasteiger partial charge in [-0.3, -0.25) is 5.09 Å². The molecule has 0 aliphatic rings. The second-order valence-electron chi connectivity index (χ2n) is 10.1. The van der Waals surface area contributed by atoms with Gasteiger partial charge in [0.15, 0.2) is 0 Å². The minimum absolute atomic E-state index is 0.0500. The highest BCUT2D eigenvalue weighted by molar-refractivity contribution is 7.58. The van der Waals surface area contributed by atoms with Crippen molar-refractivity contribution in [3.63, 3.8) is 0 Å². The molecule has 0 aliphatic carbocycles. The number of alkyl halides is 2. The van der Waals surface area contributed by atoms with Gasteiger partial charge in [-0.05, 0) is 41.0 Å². The largest absolute Gasteiger partial charge is 0.459 e. The van der Waals surface area contributed by atoms with Crippen LogP contribution in [0.1, 0.15) is 16.7 Å². The van der Waals surface area contributed by atoms with Crippen LogP contribution in [0.2, 0.25) is 0 Å². The van der Waals surface area contributed by atoms with Crippen LogP contribution in [0, 0.1) is 0 Å². The van der Waals surface area contributed by atoms with Crippen LogP contribution in [0.3, 0.4) is 0 Å². The van der Waals surface area contributed by atoms with Crippen LogP contribution in [-0.2, 0) is 38.5 Å². The predicted octanol–water partition coefficient (Wildman–Crippen LogP) is 7.65. The number of nitrogens with one attached hydrogen (secondary N) is 2. The van der Waals surface area contributed by atoms with Gasteiger partial charge in [0.2, 0.25) is 0 Å². The third kappa shape index (κ3) is 11.1. The molecule has 0 fully saturated rings. The zero-order valence-electron chi connectivity index (χ0n) is 25.1. The summed E-state index contributed by atoms with van der Waals surface area (Å²) in [6.45, 7) is 0.663. The first kappa shape index (κ1) is 34.9. The molecule has 0 bridgehead atoms. The Kier molecular flexibility index (Phi) is 13.8. The number of benzene rings is 4. The van der Waals surface area contributed by atoms with E-state index in [1.807, 2.05) is 66.7 Å². The lowest BCUT2D eigenvalue weighted by Gasteiger charge is -2.31. The summed E-state index contributed by atoms with van der Waals surface area (Å²) in [5.74, 6) is 0.261. The molecule has 4 aromatic carbocycles. The molecular formula is C34H36Cl2N3O6P. The molecule has 4 rings (SSSR count). The van der Waals surface area contributed by atoms with Gasteiger partial charge in [0.05, 0.1) is 0 Å². The summed E-state index contributed by atoms with van der Waals surface area (Å²) in [7, 11) is -3.69. The van der Waals surface area contributed by atoms with E-state index in [1.165, 1.54) is 0 Å². The van der Waals surface area contributed by atoms with Crippen molar-refractivity contribution in [2.75, 3.05) is 29.9 Å². The van der Waals surface area contributed by atoms with E-state index < -0.39 is 25.8 Å². The number of carbonyl (C=O) groups excluding carboxylic acids is 2. The molecule has 0 aromatic heterocycles. The van der Waals surface area contributed by atoms with Gasteiger partial charge in [-0.2, -0.15) is 0 Å². The standard InChI is InChI=1S/C34H36Cl2N3O6P/c35-20-22-39(23-21-36)46(42,45-31-14-8-3-9-15-31)38-30-18-16-27(17-19-30)24-32(33(40)43-25-28-10-4-1-5-11-28)37-34(41)44-26-29-12-6-2-7-13-29/h1-19,32H,20-26H2,(H,37,41)(H,38,42)/t32-,46-/m0/s1. The van der Waals surface area contributed by atoms with Crippen LogP contribution in [0.15, 0.2) is 115 Å². The van der Waals surface area contributed by atoms with E-state index >= 15 is 0 Å². The average Bonchev–Trinajstić information content (AvgIpc) is 3.08. The Morgan fingerprint density at radius 2 is 1.22 bits per heavy atom. The summed E-state index contributed by atoms with van der Waals surface area (Å²) in [6, 6.07) is 33.3. The van der Waals surface area contributed by atoms with Gasteiger partial charge in [-0.1, -0.05) is 91.0 Å². The fraction of sp³-hybridized carbons (Fsp3) is 0.235. The highest BCUT2D eigenvalue weighted by Gasteiger charge is 2.33. The number of esters is 1. The number of hydrogen-bond donors (Lipinski definition) is 2. The van der Waals surface area contributed by atoms with Crippen molar-refractivity contribution < 1.29 is 28.2 Å². The van der Waals surface area contributed by atoms with Crippen LogP contribution in [0.25, 0.3) is 0 Å². The van der Waals surface area contributed by atoms with Gasteiger partial charge in [0.25, 0.3) is 0 Å². The third-order valence-corrected chi connectivity index (χ3v) is 9.19. The van der Waals surface area contributed by atoms with E-state index in [0.717, 1.165) is 11.1 Å². The molecule has 0 heterocycles. The van der Waals surface area contributed by atoms with E-state index in [0.29, 0.717) is 17.0 Å². The first-order chi connectivity index (χ1) is 22.4. The molecule has 1 amide bonds. The normalized spacial score (nSPS) is 12.8. The minimum Gasteiger partial charge on any atom is -0.459 e. The first-order valence-corrected chi connectivity index (χ1v) is 17.3. The lowest BCUT2D eigenvalue weighted by Crippen LogP contribution is -2.43. The summed E-state index contributed by atoms with van der Waals surface area (Å²) in [4.78, 5) is 25.9. The number of ether oxygens (including phenoxy) is 2. The van der Waals surface area contributed by atoms with Gasteiger partial charge in [0.1, 0.15) is 25.0 Å². The monoisotopic (exact) mass is 683 g/mol. The fourth-order valence-electron chi connectivity index (χ4n) is 4.39. The second kappa shape index (κ2) is 18.2. The molecule has 2 atom stereocenters. The zero-order chi connectivity index (χ0) is 32.6. The van der Waals surface area contributed by atoms with Crippen molar-refractivity contribution in [3.05, 3.63) is 132 Å². The molecule has 0 spiro atoms. The van der Waals surface area contributed by atoms with Crippen molar-refractivity contribution in [2.24, 2.45) is 0 Å². The topological polar surface area (TPSA) is 106 Å². The van der Waals surface area contributed by atoms with E-state index in [-0.39, 0.29) is 44.5 Å². The van der Waals surface area contributed by atoms with Crippen LogP contribution in [0.4, 0.5) is 10.5 Å². The Balaban J connectivity index is 1.47. The quantitative estimate of drug-likeness (QED) is 0.0664. The number of amides is 1. The Bertz CT molecular complexity index is 1540. The molecule has 9 nitrogen and oxygen atoms in total. The summed E-state index contributed by atoms with van der Waals surface area (Å²) in [5.41, 5.74) is 2.85. The number of anilines is 1. The fourth-order valence-corrected chi connectivity index (χ4v) is 6.95. The summed E-state index contributed by atoms with van der Waals surface area (Å²) < 4.78 is 32.7. The van der Waals surface area contributed by atoms with E-state index in [2.05, 4.69) is 10.4 Å².